The smallest absolute Gasteiger partial charge is 0.349 e. The Bertz CT molecular complexity index is 1270. The van der Waals surface area contributed by atoms with E-state index in [1.54, 1.807) is 13.8 Å². The number of hydrazone groups is 1. The number of anilines is 1. The molecule has 3 N–H and O–H groups in total. The molecule has 0 bridgehead atoms. The Kier molecular flexibility index (Phi) is 9.35. The highest BCUT2D eigenvalue weighted by atomic mass is 16.6. The van der Waals surface area contributed by atoms with Gasteiger partial charge < -0.3 is 19.9 Å². The maximum Gasteiger partial charge on any atom is 0.349 e. The summed E-state index contributed by atoms with van der Waals surface area (Å²) in [6.45, 7) is 10.6. The van der Waals surface area contributed by atoms with Gasteiger partial charge in [-0.3, -0.25) is 5.43 Å². The summed E-state index contributed by atoms with van der Waals surface area (Å²) in [7, 11) is 0. The Morgan fingerprint density at radius 3 is 2.35 bits per heavy atom. The standard InChI is InChI=1S/C35H49N3O5/c1-6-42-32(40)30(33(41)43-7-2)31(36-24-11-9-8-10-12-24)38-37-22(3)27-15-16-28-26-14-13-23-21-25(39)17-19-34(23,4)29(26)18-20-35(27,28)5/h8-13,25-29,36,38-39H,6-7,14-21H2,1-5H3/b37-22+/t25-,26-,27+,28-,29-,34-,35+/m0/s1. The quantitative estimate of drug-likeness (QED) is 0.0585. The van der Waals surface area contributed by atoms with Crippen molar-refractivity contribution in [3.05, 3.63) is 53.4 Å². The Labute approximate surface area is 256 Å². The number of nitrogens with zero attached hydrogens (tertiary/aromatic N) is 1. The van der Waals surface area contributed by atoms with Crippen molar-refractivity contribution in [1.82, 2.24) is 5.43 Å². The summed E-state index contributed by atoms with van der Waals surface area (Å²) in [6.07, 6.45) is 10.9. The van der Waals surface area contributed by atoms with Crippen LogP contribution in [-0.2, 0) is 19.1 Å². The summed E-state index contributed by atoms with van der Waals surface area (Å²) < 4.78 is 10.5. The summed E-state index contributed by atoms with van der Waals surface area (Å²) in [5.41, 5.74) is 6.34. The Hall–Kier alpha value is -3.13. The van der Waals surface area contributed by atoms with Crippen LogP contribution in [-0.4, -0.2) is 42.1 Å². The monoisotopic (exact) mass is 591 g/mol. The van der Waals surface area contributed by atoms with Crippen LogP contribution < -0.4 is 10.7 Å². The number of aliphatic hydroxyl groups excluding tert-OH is 1. The van der Waals surface area contributed by atoms with Gasteiger partial charge in [-0.25, -0.2) is 9.59 Å². The van der Waals surface area contributed by atoms with E-state index in [9.17, 15) is 14.7 Å². The van der Waals surface area contributed by atoms with E-state index in [0.717, 1.165) is 44.2 Å². The lowest BCUT2D eigenvalue weighted by atomic mass is 9.47. The van der Waals surface area contributed by atoms with Gasteiger partial charge in [0.25, 0.3) is 0 Å². The highest BCUT2D eigenvalue weighted by Gasteiger charge is 2.59. The minimum atomic E-state index is -0.764. The fourth-order valence-corrected chi connectivity index (χ4v) is 9.06. The lowest BCUT2D eigenvalue weighted by Crippen LogP contribution is -2.51. The molecule has 0 unspecified atom stereocenters. The Morgan fingerprint density at radius 2 is 1.67 bits per heavy atom. The highest BCUT2D eigenvalue weighted by Crippen LogP contribution is 2.66. The van der Waals surface area contributed by atoms with Gasteiger partial charge in [0.1, 0.15) is 5.82 Å². The van der Waals surface area contributed by atoms with Crippen LogP contribution in [0.5, 0.6) is 0 Å². The van der Waals surface area contributed by atoms with Crippen molar-refractivity contribution in [2.24, 2.45) is 39.6 Å². The molecule has 1 aromatic rings. The number of esters is 2. The normalized spacial score (nSPS) is 33.2. The minimum Gasteiger partial charge on any atom is -0.462 e. The molecule has 0 heterocycles. The van der Waals surface area contributed by atoms with Crippen LogP contribution in [0.1, 0.15) is 86.0 Å². The average molecular weight is 592 g/mol. The van der Waals surface area contributed by atoms with Crippen molar-refractivity contribution in [3.63, 3.8) is 0 Å². The summed E-state index contributed by atoms with van der Waals surface area (Å²) in [6, 6.07) is 9.35. The number of fused-ring (bicyclic) bond motifs is 5. The maximum absolute atomic E-state index is 13.0. The zero-order valence-electron chi connectivity index (χ0n) is 26.4. The van der Waals surface area contributed by atoms with E-state index in [2.05, 4.69) is 37.6 Å². The minimum absolute atomic E-state index is 0.128. The molecule has 8 heteroatoms. The molecule has 5 rings (SSSR count). The zero-order chi connectivity index (χ0) is 30.8. The molecule has 4 aliphatic rings. The number of para-hydroxylation sites is 1. The molecule has 0 amide bonds. The van der Waals surface area contributed by atoms with E-state index in [0.29, 0.717) is 29.4 Å². The Morgan fingerprint density at radius 1 is 0.977 bits per heavy atom. The average Bonchev–Trinajstić information content (AvgIpc) is 3.34. The molecule has 0 saturated heterocycles. The lowest BCUT2D eigenvalue weighted by Gasteiger charge is -2.58. The number of ether oxygens (including phenoxy) is 2. The van der Waals surface area contributed by atoms with Gasteiger partial charge in [0.15, 0.2) is 5.57 Å². The molecule has 3 saturated carbocycles. The van der Waals surface area contributed by atoms with Crippen LogP contribution in [0.4, 0.5) is 5.69 Å². The zero-order valence-corrected chi connectivity index (χ0v) is 26.4. The third kappa shape index (κ3) is 6.00. The van der Waals surface area contributed by atoms with Gasteiger partial charge >= 0.3 is 11.9 Å². The van der Waals surface area contributed by atoms with Crippen LogP contribution in [0.2, 0.25) is 0 Å². The number of hydrogen-bond acceptors (Lipinski definition) is 8. The van der Waals surface area contributed by atoms with Gasteiger partial charge in [0, 0.05) is 17.3 Å². The number of aliphatic hydroxyl groups is 1. The van der Waals surface area contributed by atoms with Crippen molar-refractivity contribution in [2.45, 2.75) is 92.1 Å². The van der Waals surface area contributed by atoms with Gasteiger partial charge in [0.05, 0.1) is 19.3 Å². The van der Waals surface area contributed by atoms with Crippen molar-refractivity contribution >= 4 is 23.3 Å². The summed E-state index contributed by atoms with van der Waals surface area (Å²) in [5, 5.41) is 18.4. The second kappa shape index (κ2) is 12.8. The van der Waals surface area contributed by atoms with E-state index in [1.807, 2.05) is 30.3 Å². The largest absolute Gasteiger partial charge is 0.462 e. The first kappa shape index (κ1) is 31.3. The highest BCUT2D eigenvalue weighted by molar-refractivity contribution is 6.15. The van der Waals surface area contributed by atoms with Gasteiger partial charge in [0.2, 0.25) is 0 Å². The molecular weight excluding hydrogens is 542 g/mol. The fraction of sp³-hybridized carbons (Fsp3) is 0.629. The topological polar surface area (TPSA) is 109 Å². The van der Waals surface area contributed by atoms with Crippen LogP contribution in [0.25, 0.3) is 0 Å². The van der Waals surface area contributed by atoms with Gasteiger partial charge in [-0.15, -0.1) is 0 Å². The first-order valence-corrected chi connectivity index (χ1v) is 16.2. The molecule has 0 aliphatic heterocycles. The van der Waals surface area contributed by atoms with Crippen molar-refractivity contribution < 1.29 is 24.2 Å². The third-order valence-corrected chi connectivity index (χ3v) is 11.2. The Balaban J connectivity index is 1.41. The third-order valence-electron chi connectivity index (χ3n) is 11.2. The van der Waals surface area contributed by atoms with Gasteiger partial charge in [-0.05, 0) is 113 Å². The van der Waals surface area contributed by atoms with E-state index >= 15 is 0 Å². The van der Waals surface area contributed by atoms with Crippen molar-refractivity contribution in [2.75, 3.05) is 18.5 Å². The van der Waals surface area contributed by atoms with E-state index in [1.165, 1.54) is 18.4 Å². The van der Waals surface area contributed by atoms with Crippen LogP contribution in [0.3, 0.4) is 0 Å². The molecule has 0 radical (unpaired) electrons. The van der Waals surface area contributed by atoms with E-state index < -0.39 is 11.9 Å². The molecule has 4 aliphatic carbocycles. The molecule has 8 nitrogen and oxygen atoms in total. The summed E-state index contributed by atoms with van der Waals surface area (Å²) >= 11 is 0. The second-order valence-corrected chi connectivity index (χ2v) is 13.4. The fourth-order valence-electron chi connectivity index (χ4n) is 9.06. The van der Waals surface area contributed by atoms with Crippen LogP contribution in [0, 0.1) is 34.5 Å². The van der Waals surface area contributed by atoms with Crippen LogP contribution in [0.15, 0.2) is 58.5 Å². The van der Waals surface area contributed by atoms with E-state index in [-0.39, 0.29) is 41.5 Å². The van der Waals surface area contributed by atoms with Gasteiger partial charge in [-0.1, -0.05) is 43.7 Å². The number of hydrogen-bond donors (Lipinski definition) is 3. The molecule has 0 spiro atoms. The molecular formula is C35H49N3O5. The van der Waals surface area contributed by atoms with Crippen LogP contribution >= 0.6 is 0 Å². The first-order chi connectivity index (χ1) is 20.6. The van der Waals surface area contributed by atoms with E-state index in [4.69, 9.17) is 14.6 Å². The van der Waals surface area contributed by atoms with Crippen molar-refractivity contribution in [3.8, 4) is 0 Å². The molecule has 3 fully saturated rings. The second-order valence-electron chi connectivity index (χ2n) is 13.4. The number of carbonyl (C=O) groups is 2. The molecule has 234 valence electrons. The van der Waals surface area contributed by atoms with Gasteiger partial charge in [-0.2, -0.15) is 5.10 Å². The molecule has 43 heavy (non-hydrogen) atoms. The predicted octanol–water partition coefficient (Wildman–Crippen LogP) is 6.34. The number of nitrogens with one attached hydrogen (secondary N) is 2. The molecule has 1 aromatic carbocycles. The number of benzene rings is 1. The number of carbonyl (C=O) groups excluding carboxylic acids is 2. The first-order valence-electron chi connectivity index (χ1n) is 16.2. The molecule has 0 aromatic heterocycles. The molecule has 7 atom stereocenters. The SMILES string of the molecule is CCOC(=O)C(C(=O)OCC)=C(N/N=C(\C)[C@H]1CC[C@H]2[C@@H]3CC=C4C[C@@H](O)CC[C@]4(C)[C@H]3CC[C@]12C)Nc1ccccc1. The van der Waals surface area contributed by atoms with Crippen molar-refractivity contribution in [1.29, 1.82) is 0 Å². The number of rotatable bonds is 9. The maximum atomic E-state index is 13.0. The predicted molar refractivity (Wildman–Crippen MR) is 168 cm³/mol. The lowest BCUT2D eigenvalue weighted by molar-refractivity contribution is -0.146. The summed E-state index contributed by atoms with van der Waals surface area (Å²) in [5.74, 6) is 0.859. The summed E-state index contributed by atoms with van der Waals surface area (Å²) in [4.78, 5) is 26.0. The number of allylic oxidation sites excluding steroid dienone is 1.